The van der Waals surface area contributed by atoms with Crippen molar-refractivity contribution < 1.29 is 18.9 Å². The average molecular weight is 344 g/mol. The minimum absolute atomic E-state index is 0.655. The first kappa shape index (κ1) is 19.3. The maximum Gasteiger partial charge on any atom is 0.119 e. The maximum absolute atomic E-state index is 5.84. The molecule has 0 fully saturated rings. The molecule has 0 radical (unpaired) electrons. The van der Waals surface area contributed by atoms with Crippen LogP contribution in [0.5, 0.6) is 11.5 Å². The van der Waals surface area contributed by atoms with Crippen molar-refractivity contribution in [2.24, 2.45) is 0 Å². The Morgan fingerprint density at radius 2 is 1.08 bits per heavy atom. The van der Waals surface area contributed by atoms with E-state index in [1.54, 1.807) is 14.2 Å². The Kier molecular flexibility index (Phi) is 8.87. The average Bonchev–Trinajstić information content (AvgIpc) is 2.66. The summed E-state index contributed by atoms with van der Waals surface area (Å²) in [5, 5.41) is 0. The van der Waals surface area contributed by atoms with E-state index in [9.17, 15) is 0 Å². The van der Waals surface area contributed by atoms with Gasteiger partial charge in [-0.1, -0.05) is 24.3 Å². The Bertz CT molecular complexity index is 612. The van der Waals surface area contributed by atoms with Gasteiger partial charge in [0.1, 0.15) is 11.5 Å². The van der Waals surface area contributed by atoms with Gasteiger partial charge in [0.15, 0.2) is 0 Å². The molecule has 2 aromatic carbocycles. The van der Waals surface area contributed by atoms with Crippen molar-refractivity contribution in [3.63, 3.8) is 0 Å². The third kappa shape index (κ3) is 7.16. The molecule has 0 amide bonds. The molecule has 0 heterocycles. The summed E-state index contributed by atoms with van der Waals surface area (Å²) in [6, 6.07) is 16.3. The summed E-state index contributed by atoms with van der Waals surface area (Å²) in [5.74, 6) is 1.76. The molecule has 0 spiro atoms. The van der Waals surface area contributed by atoms with Crippen molar-refractivity contribution in [1.29, 1.82) is 0 Å². The predicted molar refractivity (Wildman–Crippen MR) is 100 cm³/mol. The highest BCUT2D eigenvalue weighted by atomic mass is 16.5. The van der Waals surface area contributed by atoms with E-state index in [2.05, 4.69) is 24.3 Å². The number of methoxy groups -OCH3 is 2. The number of ether oxygens (including phenoxy) is 4. The van der Waals surface area contributed by atoms with Crippen LogP contribution in [0, 0.1) is 0 Å². The van der Waals surface area contributed by atoms with Crippen LogP contribution in [0.1, 0.15) is 19.3 Å². The number of rotatable bonds is 12. The third-order valence-electron chi connectivity index (χ3n) is 3.77. The van der Waals surface area contributed by atoms with Gasteiger partial charge < -0.3 is 18.9 Å². The Balaban J connectivity index is 1.93. The zero-order valence-electron chi connectivity index (χ0n) is 15.2. The second-order valence-corrected chi connectivity index (χ2v) is 5.80. The molecular weight excluding hydrogens is 316 g/mol. The van der Waals surface area contributed by atoms with Crippen molar-refractivity contribution in [2.75, 3.05) is 40.6 Å². The van der Waals surface area contributed by atoms with Gasteiger partial charge >= 0.3 is 0 Å². The van der Waals surface area contributed by atoms with E-state index in [0.717, 1.165) is 48.5 Å². The molecule has 2 aromatic rings. The summed E-state index contributed by atoms with van der Waals surface area (Å²) in [7, 11) is 3.42. The Labute approximate surface area is 150 Å². The van der Waals surface area contributed by atoms with E-state index in [-0.39, 0.29) is 0 Å². The quantitative estimate of drug-likeness (QED) is 0.528. The summed E-state index contributed by atoms with van der Waals surface area (Å²) in [6.45, 7) is 2.85. The lowest BCUT2D eigenvalue weighted by atomic mass is 10.1. The first-order valence-electron chi connectivity index (χ1n) is 8.77. The summed E-state index contributed by atoms with van der Waals surface area (Å²) < 4.78 is 21.7. The van der Waals surface area contributed by atoms with Crippen LogP contribution in [0.25, 0.3) is 11.1 Å². The molecule has 0 N–H and O–H groups in total. The van der Waals surface area contributed by atoms with Crippen LogP contribution in [0.4, 0.5) is 0 Å². The summed E-state index contributed by atoms with van der Waals surface area (Å²) in [5.41, 5.74) is 2.24. The Morgan fingerprint density at radius 3 is 1.64 bits per heavy atom. The molecule has 25 heavy (non-hydrogen) atoms. The summed E-state index contributed by atoms with van der Waals surface area (Å²) in [6.07, 6.45) is 2.88. The fourth-order valence-electron chi connectivity index (χ4n) is 2.46. The van der Waals surface area contributed by atoms with Crippen LogP contribution in [-0.4, -0.2) is 40.6 Å². The molecule has 4 nitrogen and oxygen atoms in total. The lowest BCUT2D eigenvalue weighted by molar-refractivity contribution is 0.172. The van der Waals surface area contributed by atoms with Crippen molar-refractivity contribution in [1.82, 2.24) is 0 Å². The van der Waals surface area contributed by atoms with Crippen LogP contribution in [0.15, 0.2) is 48.5 Å². The van der Waals surface area contributed by atoms with Crippen molar-refractivity contribution in [3.8, 4) is 22.6 Å². The first-order chi connectivity index (χ1) is 12.3. The van der Waals surface area contributed by atoms with E-state index < -0.39 is 0 Å². The smallest absolute Gasteiger partial charge is 0.119 e. The van der Waals surface area contributed by atoms with Gasteiger partial charge in [-0.15, -0.1) is 0 Å². The fourth-order valence-corrected chi connectivity index (χ4v) is 2.46. The molecule has 2 rings (SSSR count). The molecule has 0 atom stereocenters. The van der Waals surface area contributed by atoms with Crippen LogP contribution >= 0.6 is 0 Å². The fraction of sp³-hybridized carbons (Fsp3) is 0.429. The highest BCUT2D eigenvalue weighted by molar-refractivity contribution is 5.66. The van der Waals surface area contributed by atoms with Crippen molar-refractivity contribution >= 4 is 0 Å². The minimum atomic E-state index is 0.655. The van der Waals surface area contributed by atoms with Crippen molar-refractivity contribution in [3.05, 3.63) is 48.5 Å². The molecular formula is C21H28O4. The number of hydrogen-bond acceptors (Lipinski definition) is 4. The van der Waals surface area contributed by atoms with Gasteiger partial charge in [-0.2, -0.15) is 0 Å². The van der Waals surface area contributed by atoms with Crippen LogP contribution in [0.2, 0.25) is 0 Å². The van der Waals surface area contributed by atoms with Gasteiger partial charge in [0.05, 0.1) is 13.2 Å². The van der Waals surface area contributed by atoms with Gasteiger partial charge in [-0.25, -0.2) is 0 Å². The number of unbranched alkanes of at least 4 members (excludes halogenated alkanes) is 1. The molecule has 0 unspecified atom stereocenters. The van der Waals surface area contributed by atoms with Gasteiger partial charge in [0.25, 0.3) is 0 Å². The maximum atomic E-state index is 5.84. The number of hydrogen-bond donors (Lipinski definition) is 0. The minimum Gasteiger partial charge on any atom is -0.494 e. The molecule has 0 aliphatic rings. The highest BCUT2D eigenvalue weighted by Gasteiger charge is 2.03. The van der Waals surface area contributed by atoms with Crippen LogP contribution in [0.3, 0.4) is 0 Å². The SMILES string of the molecule is COCCCCOc1cccc(-c2cccc(OCCCOC)c2)c1. The lowest BCUT2D eigenvalue weighted by Gasteiger charge is -2.10. The molecule has 0 aliphatic heterocycles. The second-order valence-electron chi connectivity index (χ2n) is 5.80. The van der Waals surface area contributed by atoms with Crippen LogP contribution in [-0.2, 0) is 9.47 Å². The predicted octanol–water partition coefficient (Wildman–Crippen LogP) is 4.57. The largest absolute Gasteiger partial charge is 0.494 e. The molecule has 136 valence electrons. The molecule has 4 heteroatoms. The first-order valence-corrected chi connectivity index (χ1v) is 8.77. The molecule has 0 saturated heterocycles. The highest BCUT2D eigenvalue weighted by Crippen LogP contribution is 2.27. The standard InChI is InChI=1S/C21H28O4/c1-22-12-3-4-14-24-20-10-5-8-18(16-20)19-9-6-11-21(17-19)25-15-7-13-23-2/h5-6,8-11,16-17H,3-4,7,12-15H2,1-2H3. The van der Waals surface area contributed by atoms with E-state index in [4.69, 9.17) is 18.9 Å². The topological polar surface area (TPSA) is 36.9 Å². The summed E-state index contributed by atoms with van der Waals surface area (Å²) >= 11 is 0. The summed E-state index contributed by atoms with van der Waals surface area (Å²) in [4.78, 5) is 0. The number of benzene rings is 2. The Morgan fingerprint density at radius 1 is 0.600 bits per heavy atom. The van der Waals surface area contributed by atoms with Gasteiger partial charge in [0.2, 0.25) is 0 Å². The van der Waals surface area contributed by atoms with Gasteiger partial charge in [-0.3, -0.25) is 0 Å². The molecule has 0 saturated carbocycles. The van der Waals surface area contributed by atoms with Crippen LogP contribution < -0.4 is 9.47 Å². The second kappa shape index (κ2) is 11.5. The molecule has 0 aromatic heterocycles. The van der Waals surface area contributed by atoms with E-state index >= 15 is 0 Å². The third-order valence-corrected chi connectivity index (χ3v) is 3.77. The van der Waals surface area contributed by atoms with Crippen molar-refractivity contribution in [2.45, 2.75) is 19.3 Å². The Hall–Kier alpha value is -2.04. The lowest BCUT2D eigenvalue weighted by Crippen LogP contribution is -2.01. The van der Waals surface area contributed by atoms with E-state index in [1.807, 2.05) is 24.3 Å². The zero-order valence-corrected chi connectivity index (χ0v) is 15.2. The van der Waals surface area contributed by atoms with Gasteiger partial charge in [0, 0.05) is 33.9 Å². The molecule has 0 aliphatic carbocycles. The normalized spacial score (nSPS) is 10.6. The van der Waals surface area contributed by atoms with E-state index in [1.165, 1.54) is 0 Å². The molecule has 0 bridgehead atoms. The van der Waals surface area contributed by atoms with E-state index in [0.29, 0.717) is 19.8 Å². The zero-order chi connectivity index (χ0) is 17.7. The van der Waals surface area contributed by atoms with Gasteiger partial charge in [-0.05, 0) is 48.2 Å². The monoisotopic (exact) mass is 344 g/mol.